The molecule has 122 valence electrons. The van der Waals surface area contributed by atoms with Crippen LogP contribution in [0.1, 0.15) is 17.9 Å². The average Bonchev–Trinajstić information content (AvgIpc) is 3.09. The largest absolute Gasteiger partial charge is 0.352 e. The van der Waals surface area contributed by atoms with Crippen LogP contribution in [0.25, 0.3) is 11.4 Å². The predicted octanol–water partition coefficient (Wildman–Crippen LogP) is 2.52. The molecule has 6 nitrogen and oxygen atoms in total. The Labute approximate surface area is 137 Å². The molecule has 1 N–H and O–H groups in total. The maximum atomic E-state index is 12.8. The Kier molecular flexibility index (Phi) is 4.90. The van der Waals surface area contributed by atoms with Crippen LogP contribution in [0.3, 0.4) is 0 Å². The van der Waals surface area contributed by atoms with Crippen molar-refractivity contribution in [1.29, 1.82) is 0 Å². The number of aryl methyl sites for hydroxylation is 1. The van der Waals surface area contributed by atoms with Gasteiger partial charge in [-0.2, -0.15) is 4.98 Å². The molecule has 1 aromatic carbocycles. The number of nitrogens with zero attached hydrogens (tertiary/aromatic N) is 3. The van der Waals surface area contributed by atoms with E-state index >= 15 is 0 Å². The fourth-order valence-electron chi connectivity index (χ4n) is 2.08. The van der Waals surface area contributed by atoms with Gasteiger partial charge in [0.2, 0.25) is 17.6 Å². The molecule has 2 heterocycles. The number of carbonyl (C=O) groups excluding carboxylic acids is 1. The molecule has 1 amide bonds. The van der Waals surface area contributed by atoms with Gasteiger partial charge < -0.3 is 9.84 Å². The third-order valence-electron chi connectivity index (χ3n) is 3.36. The lowest BCUT2D eigenvalue weighted by atomic mass is 10.2. The van der Waals surface area contributed by atoms with E-state index in [0.29, 0.717) is 24.7 Å². The molecule has 3 rings (SSSR count). The summed E-state index contributed by atoms with van der Waals surface area (Å²) in [5.74, 6) is 0.405. The van der Waals surface area contributed by atoms with Crippen molar-refractivity contribution >= 4 is 5.91 Å². The highest BCUT2D eigenvalue weighted by molar-refractivity contribution is 5.76. The summed E-state index contributed by atoms with van der Waals surface area (Å²) in [6, 6.07) is 9.60. The monoisotopic (exact) mass is 326 g/mol. The number of aromatic nitrogens is 3. The summed E-state index contributed by atoms with van der Waals surface area (Å²) in [6.45, 7) is 0.351. The van der Waals surface area contributed by atoms with E-state index in [1.807, 2.05) is 6.07 Å². The first kappa shape index (κ1) is 15.8. The van der Waals surface area contributed by atoms with Crippen LogP contribution >= 0.6 is 0 Å². The van der Waals surface area contributed by atoms with Crippen LogP contribution in [0.2, 0.25) is 0 Å². The summed E-state index contributed by atoms with van der Waals surface area (Å²) in [5.41, 5.74) is 1.59. The fourth-order valence-corrected chi connectivity index (χ4v) is 2.08. The van der Waals surface area contributed by atoms with Crippen LogP contribution < -0.4 is 5.32 Å². The standard InChI is InChI=1S/C17H15FN4O2/c18-14-5-3-12(4-6-14)10-20-15(23)7-8-16-21-17(22-24-16)13-2-1-9-19-11-13/h1-6,9,11H,7-8,10H2,(H,20,23). The molecule has 2 aromatic heterocycles. The summed E-state index contributed by atoms with van der Waals surface area (Å²) in [5, 5.41) is 6.64. The van der Waals surface area contributed by atoms with E-state index in [9.17, 15) is 9.18 Å². The first-order chi connectivity index (χ1) is 11.7. The number of pyridine rings is 1. The van der Waals surface area contributed by atoms with Crippen LogP contribution in [0, 0.1) is 5.82 Å². The second kappa shape index (κ2) is 7.45. The molecule has 0 aliphatic heterocycles. The summed E-state index contributed by atoms with van der Waals surface area (Å²) in [7, 11) is 0. The maximum absolute atomic E-state index is 12.8. The van der Waals surface area contributed by atoms with Crippen molar-refractivity contribution in [2.75, 3.05) is 0 Å². The second-order valence-electron chi connectivity index (χ2n) is 5.16. The molecule has 0 saturated heterocycles. The summed E-state index contributed by atoms with van der Waals surface area (Å²) in [4.78, 5) is 20.1. The van der Waals surface area contributed by atoms with Gasteiger partial charge in [0.05, 0.1) is 0 Å². The number of hydrogen-bond donors (Lipinski definition) is 1. The van der Waals surface area contributed by atoms with Gasteiger partial charge in [0.25, 0.3) is 0 Å². The molecule has 0 fully saturated rings. The molecule has 7 heteroatoms. The molecule has 0 aliphatic rings. The molecule has 0 bridgehead atoms. The Morgan fingerprint density at radius 2 is 2.04 bits per heavy atom. The van der Waals surface area contributed by atoms with Crippen molar-refractivity contribution in [3.05, 3.63) is 66.1 Å². The zero-order valence-corrected chi connectivity index (χ0v) is 12.8. The summed E-state index contributed by atoms with van der Waals surface area (Å²) < 4.78 is 17.9. The second-order valence-corrected chi connectivity index (χ2v) is 5.16. The minimum Gasteiger partial charge on any atom is -0.352 e. The molecule has 0 saturated carbocycles. The smallest absolute Gasteiger partial charge is 0.227 e. The van der Waals surface area contributed by atoms with Gasteiger partial charge in [-0.3, -0.25) is 9.78 Å². The third kappa shape index (κ3) is 4.22. The van der Waals surface area contributed by atoms with E-state index in [1.54, 1.807) is 30.6 Å². The molecule has 24 heavy (non-hydrogen) atoms. The predicted molar refractivity (Wildman–Crippen MR) is 84.1 cm³/mol. The van der Waals surface area contributed by atoms with Crippen molar-refractivity contribution in [2.24, 2.45) is 0 Å². The Hall–Kier alpha value is -3.09. The minimum absolute atomic E-state index is 0.138. The topological polar surface area (TPSA) is 80.9 Å². The molecule has 0 radical (unpaired) electrons. The Bertz CT molecular complexity index is 803. The van der Waals surface area contributed by atoms with E-state index in [-0.39, 0.29) is 18.1 Å². The van der Waals surface area contributed by atoms with E-state index in [0.717, 1.165) is 11.1 Å². The molecule has 0 atom stereocenters. The Morgan fingerprint density at radius 1 is 1.21 bits per heavy atom. The first-order valence-electron chi connectivity index (χ1n) is 7.45. The summed E-state index contributed by atoms with van der Waals surface area (Å²) >= 11 is 0. The molecular formula is C17H15FN4O2. The highest BCUT2D eigenvalue weighted by Gasteiger charge is 2.10. The zero-order chi connectivity index (χ0) is 16.8. The van der Waals surface area contributed by atoms with Crippen molar-refractivity contribution < 1.29 is 13.7 Å². The number of carbonyl (C=O) groups is 1. The van der Waals surface area contributed by atoms with Gasteiger partial charge in [-0.05, 0) is 29.8 Å². The van der Waals surface area contributed by atoms with Gasteiger partial charge in [-0.25, -0.2) is 4.39 Å². The van der Waals surface area contributed by atoms with Gasteiger partial charge in [0.1, 0.15) is 5.82 Å². The van der Waals surface area contributed by atoms with Crippen LogP contribution in [0.5, 0.6) is 0 Å². The van der Waals surface area contributed by atoms with Crippen LogP contribution in [-0.4, -0.2) is 21.0 Å². The van der Waals surface area contributed by atoms with E-state index in [1.165, 1.54) is 12.1 Å². The number of hydrogen-bond acceptors (Lipinski definition) is 5. The molecule has 0 spiro atoms. The number of nitrogens with one attached hydrogen (secondary N) is 1. The van der Waals surface area contributed by atoms with Crippen LogP contribution in [0.15, 0.2) is 53.3 Å². The minimum atomic E-state index is -0.300. The average molecular weight is 326 g/mol. The Morgan fingerprint density at radius 3 is 2.79 bits per heavy atom. The lowest BCUT2D eigenvalue weighted by Gasteiger charge is -2.04. The molecule has 0 aliphatic carbocycles. The van der Waals surface area contributed by atoms with E-state index in [2.05, 4.69) is 20.4 Å². The van der Waals surface area contributed by atoms with Gasteiger partial charge >= 0.3 is 0 Å². The number of rotatable bonds is 6. The maximum Gasteiger partial charge on any atom is 0.227 e. The normalized spacial score (nSPS) is 10.5. The SMILES string of the molecule is O=C(CCc1nc(-c2cccnc2)no1)NCc1ccc(F)cc1. The van der Waals surface area contributed by atoms with Gasteiger partial charge in [0, 0.05) is 37.3 Å². The van der Waals surface area contributed by atoms with Gasteiger partial charge in [0.15, 0.2) is 0 Å². The molecule has 3 aromatic rings. The third-order valence-corrected chi connectivity index (χ3v) is 3.36. The number of benzene rings is 1. The quantitative estimate of drug-likeness (QED) is 0.753. The zero-order valence-electron chi connectivity index (χ0n) is 12.8. The highest BCUT2D eigenvalue weighted by Crippen LogP contribution is 2.14. The van der Waals surface area contributed by atoms with Crippen LogP contribution in [0.4, 0.5) is 4.39 Å². The van der Waals surface area contributed by atoms with E-state index in [4.69, 9.17) is 4.52 Å². The van der Waals surface area contributed by atoms with Crippen LogP contribution in [-0.2, 0) is 17.8 Å². The lowest BCUT2D eigenvalue weighted by Crippen LogP contribution is -2.23. The summed E-state index contributed by atoms with van der Waals surface area (Å²) in [6.07, 6.45) is 3.89. The van der Waals surface area contributed by atoms with Crippen molar-refractivity contribution in [3.8, 4) is 11.4 Å². The van der Waals surface area contributed by atoms with E-state index < -0.39 is 0 Å². The Balaban J connectivity index is 1.48. The number of amides is 1. The van der Waals surface area contributed by atoms with Crippen molar-refractivity contribution in [2.45, 2.75) is 19.4 Å². The highest BCUT2D eigenvalue weighted by atomic mass is 19.1. The number of halogens is 1. The van der Waals surface area contributed by atoms with Gasteiger partial charge in [-0.1, -0.05) is 17.3 Å². The fraction of sp³-hybridized carbons (Fsp3) is 0.176. The van der Waals surface area contributed by atoms with Crippen molar-refractivity contribution in [3.63, 3.8) is 0 Å². The molecular weight excluding hydrogens is 311 g/mol. The van der Waals surface area contributed by atoms with Gasteiger partial charge in [-0.15, -0.1) is 0 Å². The van der Waals surface area contributed by atoms with Crippen molar-refractivity contribution in [1.82, 2.24) is 20.4 Å². The lowest BCUT2D eigenvalue weighted by molar-refractivity contribution is -0.121. The first-order valence-corrected chi connectivity index (χ1v) is 7.45. The molecule has 0 unspecified atom stereocenters.